The molecule has 4 nitrogen and oxygen atoms in total. The first-order chi connectivity index (χ1) is 17.8. The number of fused-ring (bicyclic) bond motifs is 1. The predicted octanol–water partition coefficient (Wildman–Crippen LogP) is 9.44. The average Bonchev–Trinajstić information content (AvgIpc) is 2.91. The van der Waals surface area contributed by atoms with Crippen molar-refractivity contribution in [2.45, 2.75) is 116 Å². The Morgan fingerprint density at radius 3 is 1.86 bits per heavy atom. The molecule has 4 heteroatoms. The van der Waals surface area contributed by atoms with Gasteiger partial charge < -0.3 is 14.4 Å². The van der Waals surface area contributed by atoms with E-state index in [0.717, 1.165) is 29.4 Å². The molecule has 1 unspecified atom stereocenters. The summed E-state index contributed by atoms with van der Waals surface area (Å²) in [7, 11) is 0. The fraction of sp³-hybridized carbons (Fsp3) is 0.688. The van der Waals surface area contributed by atoms with Gasteiger partial charge >= 0.3 is 0 Å². The topological polar surface area (TPSA) is 36.9 Å². The molecular formula is C32H52O4. The Hall–Kier alpha value is -1.62. The lowest BCUT2D eigenvalue weighted by atomic mass is 10.0. The normalized spacial score (nSPS) is 12.3. The largest absolute Gasteiger partial charge is 0.379 e. The lowest BCUT2D eigenvalue weighted by Gasteiger charge is -2.18. The van der Waals surface area contributed by atoms with Crippen LogP contribution < -0.4 is 4.89 Å². The lowest BCUT2D eigenvalue weighted by molar-refractivity contribution is -0.256. The summed E-state index contributed by atoms with van der Waals surface area (Å²) in [5, 5.41) is 2.21. The fourth-order valence-corrected chi connectivity index (χ4v) is 4.59. The van der Waals surface area contributed by atoms with Gasteiger partial charge in [-0.1, -0.05) is 133 Å². The summed E-state index contributed by atoms with van der Waals surface area (Å²) in [5.74, 6) is 0.758. The van der Waals surface area contributed by atoms with Crippen LogP contribution in [0.1, 0.15) is 110 Å². The second kappa shape index (κ2) is 21.5. The van der Waals surface area contributed by atoms with E-state index in [-0.39, 0.29) is 6.10 Å². The van der Waals surface area contributed by atoms with Crippen LogP contribution in [0, 0.1) is 0 Å². The molecule has 1 atom stereocenters. The second-order valence-corrected chi connectivity index (χ2v) is 9.94. The SMILES string of the molecule is CCCCCCCCCCCCCCCCC(COCCOCC)OOc1cccc2ccccc12. The van der Waals surface area contributed by atoms with E-state index in [4.69, 9.17) is 19.2 Å². The molecule has 0 bridgehead atoms. The quantitative estimate of drug-likeness (QED) is 0.0817. The summed E-state index contributed by atoms with van der Waals surface area (Å²) in [6.07, 6.45) is 20.0. The molecule has 0 saturated heterocycles. The number of hydrogen-bond donors (Lipinski definition) is 0. The highest BCUT2D eigenvalue weighted by Gasteiger charge is 2.13. The summed E-state index contributed by atoms with van der Waals surface area (Å²) in [4.78, 5) is 11.7. The molecule has 0 aliphatic carbocycles. The van der Waals surface area contributed by atoms with E-state index in [9.17, 15) is 0 Å². The van der Waals surface area contributed by atoms with Gasteiger partial charge in [0.1, 0.15) is 6.10 Å². The van der Waals surface area contributed by atoms with Gasteiger partial charge in [-0.15, -0.1) is 0 Å². The minimum absolute atomic E-state index is 0.0806. The van der Waals surface area contributed by atoms with Crippen molar-refractivity contribution in [3.05, 3.63) is 42.5 Å². The van der Waals surface area contributed by atoms with E-state index in [1.54, 1.807) is 0 Å². The van der Waals surface area contributed by atoms with E-state index >= 15 is 0 Å². The molecule has 0 aromatic heterocycles. The molecule has 0 saturated carbocycles. The van der Waals surface area contributed by atoms with Crippen LogP contribution in [-0.4, -0.2) is 32.5 Å². The van der Waals surface area contributed by atoms with Crippen molar-refractivity contribution >= 4 is 10.8 Å². The van der Waals surface area contributed by atoms with Crippen LogP contribution in [0.4, 0.5) is 0 Å². The maximum absolute atomic E-state index is 5.89. The molecule has 2 rings (SSSR count). The first-order valence-electron chi connectivity index (χ1n) is 14.8. The number of unbranched alkanes of at least 4 members (excludes halogenated alkanes) is 13. The van der Waals surface area contributed by atoms with Crippen molar-refractivity contribution in [2.24, 2.45) is 0 Å². The summed E-state index contributed by atoms with van der Waals surface area (Å²) in [6, 6.07) is 14.3. The molecule has 0 amide bonds. The summed E-state index contributed by atoms with van der Waals surface area (Å²) < 4.78 is 11.2. The zero-order chi connectivity index (χ0) is 25.5. The van der Waals surface area contributed by atoms with Gasteiger partial charge in [-0.2, -0.15) is 4.89 Å². The molecule has 0 radical (unpaired) electrons. The van der Waals surface area contributed by atoms with Crippen molar-refractivity contribution < 1.29 is 19.2 Å². The lowest BCUT2D eigenvalue weighted by Crippen LogP contribution is -2.23. The minimum Gasteiger partial charge on any atom is -0.379 e. The maximum atomic E-state index is 5.89. The van der Waals surface area contributed by atoms with Crippen molar-refractivity contribution in [3.8, 4) is 5.75 Å². The van der Waals surface area contributed by atoms with Crippen molar-refractivity contribution in [3.63, 3.8) is 0 Å². The van der Waals surface area contributed by atoms with E-state index in [0.29, 0.717) is 26.4 Å². The van der Waals surface area contributed by atoms with Crippen LogP contribution >= 0.6 is 0 Å². The molecule has 0 aliphatic rings. The Balaban J connectivity index is 1.59. The molecule has 0 heterocycles. The van der Waals surface area contributed by atoms with Gasteiger partial charge in [-0.05, 0) is 24.8 Å². The van der Waals surface area contributed by atoms with Gasteiger partial charge in [0.25, 0.3) is 0 Å². The van der Waals surface area contributed by atoms with Crippen molar-refractivity contribution in [2.75, 3.05) is 26.4 Å². The smallest absolute Gasteiger partial charge is 0.173 e. The molecule has 2 aromatic rings. The number of hydrogen-bond acceptors (Lipinski definition) is 4. The Kier molecular flexibility index (Phi) is 18.2. The van der Waals surface area contributed by atoms with Crippen LogP contribution in [0.2, 0.25) is 0 Å². The summed E-state index contributed by atoms with van der Waals surface area (Å²) in [6.45, 7) is 6.73. The molecule has 0 N–H and O–H groups in total. The zero-order valence-electron chi connectivity index (χ0n) is 23.2. The molecule has 36 heavy (non-hydrogen) atoms. The highest BCUT2D eigenvalue weighted by atomic mass is 17.2. The van der Waals surface area contributed by atoms with Crippen LogP contribution in [-0.2, 0) is 14.4 Å². The highest BCUT2D eigenvalue weighted by molar-refractivity contribution is 5.88. The van der Waals surface area contributed by atoms with Crippen molar-refractivity contribution in [1.82, 2.24) is 0 Å². The monoisotopic (exact) mass is 500 g/mol. The Bertz CT molecular complexity index is 757. The Labute approximate surface area is 221 Å². The molecule has 204 valence electrons. The summed E-state index contributed by atoms with van der Waals surface area (Å²) >= 11 is 0. The highest BCUT2D eigenvalue weighted by Crippen LogP contribution is 2.26. The van der Waals surface area contributed by atoms with Gasteiger partial charge in [0.05, 0.1) is 19.8 Å². The Morgan fingerprint density at radius 2 is 1.19 bits per heavy atom. The van der Waals surface area contributed by atoms with Gasteiger partial charge in [0.15, 0.2) is 5.75 Å². The van der Waals surface area contributed by atoms with E-state index < -0.39 is 0 Å². The molecule has 2 aromatic carbocycles. The standard InChI is InChI=1S/C32H52O4/c1-3-5-6-7-8-9-10-11-12-13-14-15-16-17-23-30(28-34-27-26-33-4-2)35-36-32-25-20-22-29-21-18-19-24-31(29)32/h18-22,24-25,30H,3-17,23,26-28H2,1-2H3. The van der Waals surface area contributed by atoms with Crippen LogP contribution in [0.25, 0.3) is 10.8 Å². The van der Waals surface area contributed by atoms with Crippen LogP contribution in [0.15, 0.2) is 42.5 Å². The molecule has 0 aliphatic heterocycles. The van der Waals surface area contributed by atoms with Gasteiger partial charge in [-0.3, -0.25) is 0 Å². The van der Waals surface area contributed by atoms with Gasteiger partial charge in [-0.25, -0.2) is 0 Å². The van der Waals surface area contributed by atoms with Crippen LogP contribution in [0.5, 0.6) is 5.75 Å². The second-order valence-electron chi connectivity index (χ2n) is 9.94. The third kappa shape index (κ3) is 14.2. The molecule has 0 spiro atoms. The zero-order valence-corrected chi connectivity index (χ0v) is 23.2. The first-order valence-corrected chi connectivity index (χ1v) is 14.8. The van der Waals surface area contributed by atoms with Crippen molar-refractivity contribution in [1.29, 1.82) is 0 Å². The average molecular weight is 501 g/mol. The number of rotatable bonds is 24. The molecular weight excluding hydrogens is 448 g/mol. The fourth-order valence-electron chi connectivity index (χ4n) is 4.59. The first kappa shape index (κ1) is 30.6. The van der Waals surface area contributed by atoms with E-state index in [1.807, 2.05) is 31.2 Å². The predicted molar refractivity (Wildman–Crippen MR) is 152 cm³/mol. The van der Waals surface area contributed by atoms with E-state index in [2.05, 4.69) is 25.1 Å². The van der Waals surface area contributed by atoms with Gasteiger partial charge in [0, 0.05) is 12.0 Å². The number of benzene rings is 2. The third-order valence-electron chi connectivity index (χ3n) is 6.78. The maximum Gasteiger partial charge on any atom is 0.173 e. The number of ether oxygens (including phenoxy) is 2. The van der Waals surface area contributed by atoms with Gasteiger partial charge in [0.2, 0.25) is 0 Å². The third-order valence-corrected chi connectivity index (χ3v) is 6.78. The minimum atomic E-state index is -0.0806. The van der Waals surface area contributed by atoms with Crippen LogP contribution in [0.3, 0.4) is 0 Å². The molecule has 0 fully saturated rings. The Morgan fingerprint density at radius 1 is 0.611 bits per heavy atom. The summed E-state index contributed by atoms with van der Waals surface area (Å²) in [5.41, 5.74) is 0. The van der Waals surface area contributed by atoms with E-state index in [1.165, 1.54) is 83.5 Å².